The van der Waals surface area contributed by atoms with Gasteiger partial charge in [0.25, 0.3) is 5.91 Å². The highest BCUT2D eigenvalue weighted by Crippen LogP contribution is 2.23. The second-order valence-corrected chi connectivity index (χ2v) is 4.43. The predicted octanol–water partition coefficient (Wildman–Crippen LogP) is 2.63. The Bertz CT molecular complexity index is 409. The monoisotopic (exact) mass is 233 g/mol. The number of hydrogen-bond acceptors (Lipinski definition) is 2. The number of amides is 1. The van der Waals surface area contributed by atoms with Crippen LogP contribution in [0.4, 0.5) is 0 Å². The van der Waals surface area contributed by atoms with E-state index in [-0.39, 0.29) is 5.91 Å². The van der Waals surface area contributed by atoms with Crippen LogP contribution in [0.25, 0.3) is 0 Å². The average Bonchev–Trinajstić information content (AvgIpc) is 2.82. The Labute approximate surface area is 102 Å². The van der Waals surface area contributed by atoms with Gasteiger partial charge in [0, 0.05) is 13.1 Å². The topological polar surface area (TPSA) is 29.5 Å². The summed E-state index contributed by atoms with van der Waals surface area (Å²) in [7, 11) is 0. The van der Waals surface area contributed by atoms with E-state index in [4.69, 9.17) is 4.74 Å². The predicted molar refractivity (Wildman–Crippen MR) is 67.5 cm³/mol. The third-order valence-corrected chi connectivity index (χ3v) is 3.06. The summed E-state index contributed by atoms with van der Waals surface area (Å²) >= 11 is 0. The smallest absolute Gasteiger partial charge is 0.257 e. The van der Waals surface area contributed by atoms with Crippen LogP contribution in [-0.4, -0.2) is 30.5 Å². The molecule has 92 valence electrons. The first-order chi connectivity index (χ1) is 8.22. The molecule has 0 spiro atoms. The lowest BCUT2D eigenvalue weighted by molar-refractivity contribution is 0.0788. The third-order valence-electron chi connectivity index (χ3n) is 3.06. The van der Waals surface area contributed by atoms with Crippen LogP contribution in [0.1, 0.15) is 35.7 Å². The van der Waals surface area contributed by atoms with Gasteiger partial charge in [-0.3, -0.25) is 4.79 Å². The summed E-state index contributed by atoms with van der Waals surface area (Å²) in [6.45, 7) is 6.28. The fourth-order valence-electron chi connectivity index (χ4n) is 2.17. The maximum absolute atomic E-state index is 12.3. The number of likely N-dealkylation sites (tertiary alicyclic amines) is 1. The van der Waals surface area contributed by atoms with Crippen molar-refractivity contribution in [1.29, 1.82) is 0 Å². The van der Waals surface area contributed by atoms with E-state index < -0.39 is 0 Å². The fraction of sp³-hybridized carbons (Fsp3) is 0.500. The Morgan fingerprint density at radius 2 is 2.06 bits per heavy atom. The molecule has 1 saturated heterocycles. The van der Waals surface area contributed by atoms with Gasteiger partial charge < -0.3 is 9.64 Å². The van der Waals surface area contributed by atoms with Crippen molar-refractivity contribution in [3.8, 4) is 5.75 Å². The molecule has 17 heavy (non-hydrogen) atoms. The minimum atomic E-state index is 0.103. The summed E-state index contributed by atoms with van der Waals surface area (Å²) in [6, 6.07) is 5.78. The molecule has 1 heterocycles. The van der Waals surface area contributed by atoms with Gasteiger partial charge in [-0.15, -0.1) is 0 Å². The van der Waals surface area contributed by atoms with Gasteiger partial charge in [-0.25, -0.2) is 0 Å². The standard InChI is InChI=1S/C14H19NO2/c1-3-17-13-10-11(2)6-7-12(13)14(16)15-8-4-5-9-15/h6-7,10H,3-5,8-9H2,1-2H3. The van der Waals surface area contributed by atoms with Crippen molar-refractivity contribution in [1.82, 2.24) is 4.90 Å². The number of aryl methyl sites for hydroxylation is 1. The lowest BCUT2D eigenvalue weighted by atomic mass is 10.1. The zero-order valence-electron chi connectivity index (χ0n) is 10.5. The lowest BCUT2D eigenvalue weighted by Crippen LogP contribution is -2.28. The highest BCUT2D eigenvalue weighted by atomic mass is 16.5. The molecule has 0 saturated carbocycles. The zero-order chi connectivity index (χ0) is 12.3. The van der Waals surface area contributed by atoms with Gasteiger partial charge in [0.05, 0.1) is 12.2 Å². The molecule has 2 rings (SSSR count). The van der Waals surface area contributed by atoms with E-state index in [0.29, 0.717) is 17.9 Å². The second-order valence-electron chi connectivity index (χ2n) is 4.43. The molecule has 0 aliphatic carbocycles. The van der Waals surface area contributed by atoms with Crippen molar-refractivity contribution in [2.24, 2.45) is 0 Å². The Morgan fingerprint density at radius 1 is 1.35 bits per heavy atom. The minimum Gasteiger partial charge on any atom is -0.493 e. The average molecular weight is 233 g/mol. The van der Waals surface area contributed by atoms with Gasteiger partial charge in [0.15, 0.2) is 0 Å². The molecule has 1 aliphatic heterocycles. The molecule has 1 aliphatic rings. The number of hydrogen-bond donors (Lipinski definition) is 0. The van der Waals surface area contributed by atoms with Crippen molar-refractivity contribution in [2.45, 2.75) is 26.7 Å². The minimum absolute atomic E-state index is 0.103. The van der Waals surface area contributed by atoms with Crippen molar-refractivity contribution in [3.05, 3.63) is 29.3 Å². The van der Waals surface area contributed by atoms with Gasteiger partial charge in [-0.2, -0.15) is 0 Å². The van der Waals surface area contributed by atoms with Crippen LogP contribution >= 0.6 is 0 Å². The summed E-state index contributed by atoms with van der Waals surface area (Å²) in [5.41, 5.74) is 1.81. The van der Waals surface area contributed by atoms with E-state index in [1.165, 1.54) is 0 Å². The number of carbonyl (C=O) groups excluding carboxylic acids is 1. The maximum Gasteiger partial charge on any atom is 0.257 e. The van der Waals surface area contributed by atoms with Gasteiger partial charge >= 0.3 is 0 Å². The molecule has 1 amide bonds. The van der Waals surface area contributed by atoms with Crippen molar-refractivity contribution in [3.63, 3.8) is 0 Å². The summed E-state index contributed by atoms with van der Waals surface area (Å²) in [5.74, 6) is 0.815. The van der Waals surface area contributed by atoms with E-state index in [9.17, 15) is 4.79 Å². The van der Waals surface area contributed by atoms with Gasteiger partial charge in [-0.05, 0) is 44.4 Å². The SMILES string of the molecule is CCOc1cc(C)ccc1C(=O)N1CCCC1. The molecule has 3 heteroatoms. The van der Waals surface area contributed by atoms with Gasteiger partial charge in [0.2, 0.25) is 0 Å². The number of rotatable bonds is 3. The first kappa shape index (κ1) is 12.0. The van der Waals surface area contributed by atoms with E-state index in [2.05, 4.69) is 0 Å². The van der Waals surface area contributed by atoms with Gasteiger partial charge in [0.1, 0.15) is 5.75 Å². The molecule has 0 atom stereocenters. The largest absolute Gasteiger partial charge is 0.493 e. The first-order valence-electron chi connectivity index (χ1n) is 6.25. The van der Waals surface area contributed by atoms with Crippen LogP contribution in [0.2, 0.25) is 0 Å². The van der Waals surface area contributed by atoms with Gasteiger partial charge in [-0.1, -0.05) is 6.07 Å². The molecule has 0 radical (unpaired) electrons. The summed E-state index contributed by atoms with van der Waals surface area (Å²) in [5, 5.41) is 0. The van der Waals surface area contributed by atoms with E-state index in [0.717, 1.165) is 31.5 Å². The Kier molecular flexibility index (Phi) is 3.67. The van der Waals surface area contributed by atoms with E-state index in [1.807, 2.05) is 36.9 Å². The van der Waals surface area contributed by atoms with Crippen LogP contribution in [0.3, 0.4) is 0 Å². The molecule has 0 unspecified atom stereocenters. The normalized spacial score (nSPS) is 15.1. The quantitative estimate of drug-likeness (QED) is 0.803. The highest BCUT2D eigenvalue weighted by Gasteiger charge is 2.22. The maximum atomic E-state index is 12.3. The van der Waals surface area contributed by atoms with E-state index in [1.54, 1.807) is 0 Å². The summed E-state index contributed by atoms with van der Waals surface area (Å²) in [6.07, 6.45) is 2.23. The lowest BCUT2D eigenvalue weighted by Gasteiger charge is -2.17. The summed E-state index contributed by atoms with van der Waals surface area (Å²) < 4.78 is 5.55. The van der Waals surface area contributed by atoms with Crippen molar-refractivity contribution in [2.75, 3.05) is 19.7 Å². The molecule has 3 nitrogen and oxygen atoms in total. The zero-order valence-corrected chi connectivity index (χ0v) is 10.5. The van der Waals surface area contributed by atoms with Crippen LogP contribution in [0.5, 0.6) is 5.75 Å². The second kappa shape index (κ2) is 5.21. The molecule has 1 aromatic carbocycles. The van der Waals surface area contributed by atoms with Crippen LogP contribution in [0.15, 0.2) is 18.2 Å². The molecule has 1 fully saturated rings. The fourth-order valence-corrected chi connectivity index (χ4v) is 2.17. The summed E-state index contributed by atoms with van der Waals surface area (Å²) in [4.78, 5) is 14.2. The highest BCUT2D eigenvalue weighted by molar-refractivity contribution is 5.97. The Hall–Kier alpha value is -1.51. The van der Waals surface area contributed by atoms with Crippen LogP contribution in [-0.2, 0) is 0 Å². The molecule has 0 aromatic heterocycles. The number of ether oxygens (including phenoxy) is 1. The Balaban J connectivity index is 2.26. The molecule has 0 N–H and O–H groups in total. The number of carbonyl (C=O) groups is 1. The first-order valence-corrected chi connectivity index (χ1v) is 6.25. The molecular formula is C14H19NO2. The van der Waals surface area contributed by atoms with Crippen LogP contribution in [0, 0.1) is 6.92 Å². The molecule has 1 aromatic rings. The van der Waals surface area contributed by atoms with Crippen molar-refractivity contribution < 1.29 is 9.53 Å². The number of benzene rings is 1. The third kappa shape index (κ3) is 2.60. The Morgan fingerprint density at radius 3 is 2.71 bits per heavy atom. The van der Waals surface area contributed by atoms with E-state index >= 15 is 0 Å². The number of nitrogens with zero attached hydrogens (tertiary/aromatic N) is 1. The molecule has 0 bridgehead atoms. The molecular weight excluding hydrogens is 214 g/mol. The van der Waals surface area contributed by atoms with Crippen LogP contribution < -0.4 is 4.74 Å². The van der Waals surface area contributed by atoms with Crippen molar-refractivity contribution >= 4 is 5.91 Å².